The van der Waals surface area contributed by atoms with Gasteiger partial charge in [-0.2, -0.15) is 0 Å². The van der Waals surface area contributed by atoms with Gasteiger partial charge in [-0.05, 0) is 24.2 Å². The molecule has 0 bridgehead atoms. The van der Waals surface area contributed by atoms with Crippen LogP contribution in [0.3, 0.4) is 0 Å². The maximum Gasteiger partial charge on any atom is 0.220 e. The second-order valence-corrected chi connectivity index (χ2v) is 6.17. The van der Waals surface area contributed by atoms with Crippen LogP contribution in [0.2, 0.25) is 0 Å². The summed E-state index contributed by atoms with van der Waals surface area (Å²) in [5, 5.41) is 3.19. The van der Waals surface area contributed by atoms with Crippen molar-refractivity contribution < 1.29 is 4.79 Å². The molecule has 1 amide bonds. The number of amides is 1. The average Bonchev–Trinajstić information content (AvgIpc) is 2.05. The van der Waals surface area contributed by atoms with E-state index in [9.17, 15) is 4.79 Å². The fraction of sp³-hybridized carbons (Fsp3) is 0.923. The quantitative estimate of drug-likeness (QED) is 0.747. The van der Waals surface area contributed by atoms with Crippen molar-refractivity contribution in [1.82, 2.24) is 5.32 Å². The van der Waals surface area contributed by atoms with E-state index in [2.05, 4.69) is 33.0 Å². The minimum Gasteiger partial charge on any atom is -0.353 e. The average molecular weight is 211 g/mol. The van der Waals surface area contributed by atoms with Crippen LogP contribution in [0.25, 0.3) is 0 Å². The molecule has 0 aromatic heterocycles. The molecule has 2 atom stereocenters. The lowest BCUT2D eigenvalue weighted by Gasteiger charge is -2.30. The summed E-state index contributed by atoms with van der Waals surface area (Å²) in [6.45, 7) is 8.58. The minimum absolute atomic E-state index is 0.0992. The van der Waals surface area contributed by atoms with E-state index < -0.39 is 0 Å². The Morgan fingerprint density at radius 2 is 1.87 bits per heavy atom. The van der Waals surface area contributed by atoms with Crippen molar-refractivity contribution in [3.8, 4) is 0 Å². The molecule has 0 aliphatic heterocycles. The fourth-order valence-corrected chi connectivity index (χ4v) is 2.27. The van der Waals surface area contributed by atoms with Gasteiger partial charge in [0, 0.05) is 12.5 Å². The zero-order chi connectivity index (χ0) is 11.5. The van der Waals surface area contributed by atoms with E-state index in [1.165, 1.54) is 19.3 Å². The van der Waals surface area contributed by atoms with Crippen molar-refractivity contribution in [3.63, 3.8) is 0 Å². The Balaban J connectivity index is 2.36. The van der Waals surface area contributed by atoms with E-state index in [1.54, 1.807) is 0 Å². The molecule has 0 unspecified atom stereocenters. The highest BCUT2D eigenvalue weighted by atomic mass is 16.1. The van der Waals surface area contributed by atoms with E-state index in [0.29, 0.717) is 18.4 Å². The van der Waals surface area contributed by atoms with Crippen molar-refractivity contribution in [1.29, 1.82) is 0 Å². The van der Waals surface area contributed by atoms with Crippen molar-refractivity contribution >= 4 is 5.91 Å². The highest BCUT2D eigenvalue weighted by Crippen LogP contribution is 2.24. The van der Waals surface area contributed by atoms with Gasteiger partial charge in [-0.3, -0.25) is 4.79 Å². The van der Waals surface area contributed by atoms with E-state index in [-0.39, 0.29) is 11.3 Å². The molecule has 1 rings (SSSR count). The lowest BCUT2D eigenvalue weighted by atomic mass is 9.85. The van der Waals surface area contributed by atoms with Gasteiger partial charge in [0.2, 0.25) is 5.91 Å². The maximum absolute atomic E-state index is 11.8. The summed E-state index contributed by atoms with van der Waals surface area (Å²) in [6.07, 6.45) is 5.66. The largest absolute Gasteiger partial charge is 0.353 e. The van der Waals surface area contributed by atoms with Crippen LogP contribution in [-0.4, -0.2) is 11.9 Å². The summed E-state index contributed by atoms with van der Waals surface area (Å²) in [5.41, 5.74) is 0.0992. The molecule has 1 N–H and O–H groups in total. The molecular formula is C13H25NO. The van der Waals surface area contributed by atoms with Crippen LogP contribution >= 0.6 is 0 Å². The van der Waals surface area contributed by atoms with Gasteiger partial charge in [-0.15, -0.1) is 0 Å². The number of carbonyl (C=O) groups excluding carboxylic acids is 1. The Hall–Kier alpha value is -0.530. The zero-order valence-electron chi connectivity index (χ0n) is 10.6. The summed E-state index contributed by atoms with van der Waals surface area (Å²) in [7, 11) is 0. The van der Waals surface area contributed by atoms with E-state index in [4.69, 9.17) is 0 Å². The molecule has 0 aromatic rings. The first kappa shape index (κ1) is 12.5. The highest BCUT2D eigenvalue weighted by Gasteiger charge is 2.24. The summed E-state index contributed by atoms with van der Waals surface area (Å²) in [5.74, 6) is 0.879. The molecule has 1 fully saturated rings. The SMILES string of the molecule is C[C@@H]1CCCC[C@@H]1NC(=O)CC(C)(C)C. The maximum atomic E-state index is 11.8. The van der Waals surface area contributed by atoms with Gasteiger partial charge in [0.1, 0.15) is 0 Å². The fourth-order valence-electron chi connectivity index (χ4n) is 2.27. The van der Waals surface area contributed by atoms with Gasteiger partial charge < -0.3 is 5.32 Å². The first-order chi connectivity index (χ1) is 6.88. The van der Waals surface area contributed by atoms with Crippen molar-refractivity contribution in [2.45, 2.75) is 65.8 Å². The Kier molecular flexibility index (Phi) is 4.18. The van der Waals surface area contributed by atoms with E-state index >= 15 is 0 Å². The number of carbonyl (C=O) groups is 1. The Morgan fingerprint density at radius 1 is 1.27 bits per heavy atom. The standard InChI is InChI=1S/C13H25NO/c1-10-7-5-6-8-11(10)14-12(15)9-13(2,3)4/h10-11H,5-9H2,1-4H3,(H,14,15)/t10-,11+/m1/s1. The molecular weight excluding hydrogens is 186 g/mol. The Labute approximate surface area is 93.8 Å². The number of hydrogen-bond donors (Lipinski definition) is 1. The van der Waals surface area contributed by atoms with Crippen molar-refractivity contribution in [2.24, 2.45) is 11.3 Å². The third kappa shape index (κ3) is 4.67. The molecule has 0 saturated heterocycles. The molecule has 0 heterocycles. The lowest BCUT2D eigenvalue weighted by Crippen LogP contribution is -2.42. The zero-order valence-corrected chi connectivity index (χ0v) is 10.6. The highest BCUT2D eigenvalue weighted by molar-refractivity contribution is 5.76. The second-order valence-electron chi connectivity index (χ2n) is 6.17. The second kappa shape index (κ2) is 5.00. The number of rotatable bonds is 2. The molecule has 1 aliphatic carbocycles. The van der Waals surface area contributed by atoms with E-state index in [0.717, 1.165) is 6.42 Å². The number of nitrogens with one attached hydrogen (secondary N) is 1. The predicted molar refractivity (Wildman–Crippen MR) is 63.6 cm³/mol. The van der Waals surface area contributed by atoms with Gasteiger partial charge in [0.05, 0.1) is 0 Å². The molecule has 1 aliphatic rings. The van der Waals surface area contributed by atoms with Crippen LogP contribution in [0.5, 0.6) is 0 Å². The summed E-state index contributed by atoms with van der Waals surface area (Å²) < 4.78 is 0. The normalized spacial score (nSPS) is 27.5. The summed E-state index contributed by atoms with van der Waals surface area (Å²) in [4.78, 5) is 11.8. The van der Waals surface area contributed by atoms with Crippen LogP contribution in [-0.2, 0) is 4.79 Å². The molecule has 2 heteroatoms. The van der Waals surface area contributed by atoms with Crippen LogP contribution in [0.15, 0.2) is 0 Å². The van der Waals surface area contributed by atoms with Gasteiger partial charge in [-0.25, -0.2) is 0 Å². The molecule has 0 spiro atoms. The van der Waals surface area contributed by atoms with Crippen LogP contribution in [0.4, 0.5) is 0 Å². The summed E-state index contributed by atoms with van der Waals surface area (Å²) in [6, 6.07) is 0.425. The third-order valence-corrected chi connectivity index (χ3v) is 3.15. The molecule has 0 aromatic carbocycles. The van der Waals surface area contributed by atoms with E-state index in [1.807, 2.05) is 0 Å². The van der Waals surface area contributed by atoms with Gasteiger partial charge >= 0.3 is 0 Å². The monoisotopic (exact) mass is 211 g/mol. The first-order valence-electron chi connectivity index (χ1n) is 6.18. The molecule has 1 saturated carbocycles. The predicted octanol–water partition coefficient (Wildman–Crippen LogP) is 3.12. The van der Waals surface area contributed by atoms with Crippen LogP contribution in [0.1, 0.15) is 59.8 Å². The van der Waals surface area contributed by atoms with Gasteiger partial charge in [-0.1, -0.05) is 40.5 Å². The smallest absolute Gasteiger partial charge is 0.220 e. The third-order valence-electron chi connectivity index (χ3n) is 3.15. The van der Waals surface area contributed by atoms with Gasteiger partial charge in [0.15, 0.2) is 0 Å². The van der Waals surface area contributed by atoms with Gasteiger partial charge in [0.25, 0.3) is 0 Å². The van der Waals surface area contributed by atoms with Crippen molar-refractivity contribution in [3.05, 3.63) is 0 Å². The molecule has 15 heavy (non-hydrogen) atoms. The van der Waals surface area contributed by atoms with Crippen LogP contribution < -0.4 is 5.32 Å². The molecule has 0 radical (unpaired) electrons. The molecule has 88 valence electrons. The topological polar surface area (TPSA) is 29.1 Å². The van der Waals surface area contributed by atoms with Crippen molar-refractivity contribution in [2.75, 3.05) is 0 Å². The van der Waals surface area contributed by atoms with Crippen LogP contribution in [0, 0.1) is 11.3 Å². The summed E-state index contributed by atoms with van der Waals surface area (Å²) >= 11 is 0. The minimum atomic E-state index is 0.0992. The molecule has 2 nitrogen and oxygen atoms in total. The number of hydrogen-bond acceptors (Lipinski definition) is 1. The first-order valence-corrected chi connectivity index (χ1v) is 6.18. The Morgan fingerprint density at radius 3 is 2.40 bits per heavy atom. The Bertz CT molecular complexity index is 217. The lowest BCUT2D eigenvalue weighted by molar-refractivity contribution is -0.124.